The van der Waals surface area contributed by atoms with Gasteiger partial charge in [-0.15, -0.1) is 0 Å². The van der Waals surface area contributed by atoms with E-state index < -0.39 is 28.7 Å². The second kappa shape index (κ2) is 10.1. The third kappa shape index (κ3) is 5.51. The van der Waals surface area contributed by atoms with Gasteiger partial charge in [-0.05, 0) is 43.9 Å². The predicted molar refractivity (Wildman–Crippen MR) is 116 cm³/mol. The summed E-state index contributed by atoms with van der Waals surface area (Å²) in [6, 6.07) is 9.73. The molecule has 1 aliphatic heterocycles. The lowest BCUT2D eigenvalue weighted by molar-refractivity contribution is -0.384. The minimum absolute atomic E-state index is 0.0803. The molecule has 1 fully saturated rings. The number of halogens is 1. The van der Waals surface area contributed by atoms with E-state index in [9.17, 15) is 24.1 Å². The van der Waals surface area contributed by atoms with Gasteiger partial charge in [0.2, 0.25) is 0 Å². The van der Waals surface area contributed by atoms with Crippen LogP contribution in [0.4, 0.5) is 15.8 Å². The average Bonchev–Trinajstić information content (AvgIpc) is 2.78. The third-order valence-corrected chi connectivity index (χ3v) is 5.37. The second-order valence-electron chi connectivity index (χ2n) is 7.76. The summed E-state index contributed by atoms with van der Waals surface area (Å²) >= 11 is 0. The number of anilines is 1. The number of amides is 2. The molecular formula is C22H25FN4O5. The monoisotopic (exact) mass is 444 g/mol. The van der Waals surface area contributed by atoms with Gasteiger partial charge >= 0.3 is 0 Å². The lowest BCUT2D eigenvalue weighted by Gasteiger charge is -2.33. The fourth-order valence-corrected chi connectivity index (χ4v) is 3.42. The summed E-state index contributed by atoms with van der Waals surface area (Å²) in [6.07, 6.45) is 0.791. The Bertz CT molecular complexity index is 1010. The van der Waals surface area contributed by atoms with Crippen LogP contribution in [0.1, 0.15) is 37.0 Å². The van der Waals surface area contributed by atoms with Gasteiger partial charge in [-0.3, -0.25) is 30.6 Å². The molecule has 0 aromatic heterocycles. The predicted octanol–water partition coefficient (Wildman–Crippen LogP) is 3.20. The maximum Gasteiger partial charge on any atom is 0.279 e. The highest BCUT2D eigenvalue weighted by Gasteiger charge is 2.24. The molecule has 0 bridgehead atoms. The number of para-hydroxylation sites is 1. The van der Waals surface area contributed by atoms with Crippen molar-refractivity contribution in [2.75, 3.05) is 18.0 Å². The molecule has 1 aliphatic rings. The molecule has 3 rings (SSSR count). The highest BCUT2D eigenvalue weighted by Crippen LogP contribution is 2.29. The smallest absolute Gasteiger partial charge is 0.279 e. The van der Waals surface area contributed by atoms with Crippen LogP contribution in [-0.4, -0.2) is 35.9 Å². The largest absolute Gasteiger partial charge is 0.478 e. The zero-order chi connectivity index (χ0) is 23.3. The summed E-state index contributed by atoms with van der Waals surface area (Å²) in [5.74, 6) is -1.55. The fourth-order valence-electron chi connectivity index (χ4n) is 3.42. The first kappa shape index (κ1) is 23.0. The van der Waals surface area contributed by atoms with Gasteiger partial charge in [0.15, 0.2) is 17.7 Å². The molecule has 1 atom stereocenters. The van der Waals surface area contributed by atoms with Crippen molar-refractivity contribution in [2.45, 2.75) is 32.8 Å². The normalized spacial score (nSPS) is 15.0. The zero-order valence-electron chi connectivity index (χ0n) is 17.8. The van der Waals surface area contributed by atoms with E-state index in [1.807, 2.05) is 4.90 Å². The van der Waals surface area contributed by atoms with Gasteiger partial charge in [-0.2, -0.15) is 0 Å². The quantitative estimate of drug-likeness (QED) is 0.523. The average molecular weight is 444 g/mol. The Morgan fingerprint density at radius 1 is 1.19 bits per heavy atom. The number of nitrogens with one attached hydrogen (secondary N) is 2. The molecule has 170 valence electrons. The molecule has 2 N–H and O–H groups in total. The summed E-state index contributed by atoms with van der Waals surface area (Å²) in [5.41, 5.74) is 4.92. The number of non-ortho nitro benzene ring substituents is 1. The number of rotatable bonds is 6. The number of hydrogen-bond acceptors (Lipinski definition) is 6. The van der Waals surface area contributed by atoms with Crippen molar-refractivity contribution in [1.82, 2.24) is 10.9 Å². The lowest BCUT2D eigenvalue weighted by Crippen LogP contribution is -2.47. The number of ether oxygens (including phenoxy) is 1. The molecule has 2 aromatic rings. The SMILES string of the molecule is CC1CCN(c2ccc([N+](=O)[O-])cc2C(=O)NNC(=O)C(C)Oc2ccccc2F)CC1. The minimum Gasteiger partial charge on any atom is -0.478 e. The number of carbonyl (C=O) groups excluding carboxylic acids is 2. The molecule has 2 amide bonds. The van der Waals surface area contributed by atoms with E-state index in [-0.39, 0.29) is 17.0 Å². The van der Waals surface area contributed by atoms with Gasteiger partial charge in [0.1, 0.15) is 0 Å². The number of nitrogens with zero attached hydrogens (tertiary/aromatic N) is 2. The topological polar surface area (TPSA) is 114 Å². The van der Waals surface area contributed by atoms with E-state index in [0.29, 0.717) is 11.6 Å². The van der Waals surface area contributed by atoms with Crippen molar-refractivity contribution in [2.24, 2.45) is 5.92 Å². The van der Waals surface area contributed by atoms with Crippen LogP contribution in [0.2, 0.25) is 0 Å². The molecule has 0 radical (unpaired) electrons. The van der Waals surface area contributed by atoms with Gasteiger partial charge in [-0.1, -0.05) is 19.1 Å². The van der Waals surface area contributed by atoms with Gasteiger partial charge in [-0.25, -0.2) is 4.39 Å². The Hall–Kier alpha value is -3.69. The van der Waals surface area contributed by atoms with E-state index in [4.69, 9.17) is 4.74 Å². The van der Waals surface area contributed by atoms with Crippen LogP contribution in [0, 0.1) is 21.8 Å². The first-order chi connectivity index (χ1) is 15.3. The number of benzene rings is 2. The zero-order valence-corrected chi connectivity index (χ0v) is 17.8. The van der Waals surface area contributed by atoms with Gasteiger partial charge in [0.25, 0.3) is 17.5 Å². The van der Waals surface area contributed by atoms with Crippen molar-refractivity contribution in [3.63, 3.8) is 0 Å². The first-order valence-corrected chi connectivity index (χ1v) is 10.3. The number of piperidine rings is 1. The summed E-state index contributed by atoms with van der Waals surface area (Å²) in [7, 11) is 0. The third-order valence-electron chi connectivity index (χ3n) is 5.37. The van der Waals surface area contributed by atoms with Crippen LogP contribution < -0.4 is 20.5 Å². The van der Waals surface area contributed by atoms with Crippen LogP contribution in [0.25, 0.3) is 0 Å². The Labute approximate surface area is 184 Å². The van der Waals surface area contributed by atoms with Gasteiger partial charge < -0.3 is 9.64 Å². The fraction of sp³-hybridized carbons (Fsp3) is 0.364. The van der Waals surface area contributed by atoms with Gasteiger partial charge in [0.05, 0.1) is 16.2 Å². The number of nitro benzene ring substituents is 1. The standard InChI is InChI=1S/C22H25FN4O5/c1-14-9-11-26(12-10-14)19-8-7-16(27(30)31)13-17(19)22(29)25-24-21(28)15(2)32-20-6-4-3-5-18(20)23/h3-8,13-15H,9-12H2,1-2H3,(H,24,28)(H,25,29). The minimum atomic E-state index is -1.10. The number of hydrogen-bond donors (Lipinski definition) is 2. The summed E-state index contributed by atoms with van der Waals surface area (Å²) in [4.78, 5) is 37.7. The van der Waals surface area contributed by atoms with Crippen LogP contribution >= 0.6 is 0 Å². The van der Waals surface area contributed by atoms with E-state index in [1.54, 1.807) is 12.1 Å². The number of nitro groups is 1. The highest BCUT2D eigenvalue weighted by molar-refractivity contribution is 6.01. The van der Waals surface area contributed by atoms with E-state index in [0.717, 1.165) is 25.9 Å². The molecular weight excluding hydrogens is 419 g/mol. The van der Waals surface area contributed by atoms with Crippen LogP contribution in [0.5, 0.6) is 5.75 Å². The van der Waals surface area contributed by atoms with E-state index in [2.05, 4.69) is 17.8 Å². The maximum atomic E-state index is 13.7. The number of carbonyl (C=O) groups is 2. The highest BCUT2D eigenvalue weighted by atomic mass is 19.1. The summed E-state index contributed by atoms with van der Waals surface area (Å²) in [6.45, 7) is 5.00. The van der Waals surface area contributed by atoms with Crippen molar-refractivity contribution in [1.29, 1.82) is 0 Å². The lowest BCUT2D eigenvalue weighted by atomic mass is 9.98. The molecule has 0 aliphatic carbocycles. The van der Waals surface area contributed by atoms with Gasteiger partial charge in [0, 0.05) is 25.2 Å². The second-order valence-corrected chi connectivity index (χ2v) is 7.76. The molecule has 0 spiro atoms. The van der Waals surface area contributed by atoms with E-state index >= 15 is 0 Å². The van der Waals surface area contributed by atoms with Crippen LogP contribution in [-0.2, 0) is 4.79 Å². The molecule has 0 saturated carbocycles. The molecule has 1 saturated heterocycles. The van der Waals surface area contributed by atoms with Crippen molar-refractivity contribution >= 4 is 23.2 Å². The van der Waals surface area contributed by atoms with E-state index in [1.165, 1.54) is 37.3 Å². The molecule has 2 aromatic carbocycles. The Kier molecular flexibility index (Phi) is 7.24. The Morgan fingerprint density at radius 3 is 2.53 bits per heavy atom. The van der Waals surface area contributed by atoms with Crippen molar-refractivity contribution < 1.29 is 23.6 Å². The van der Waals surface area contributed by atoms with Crippen molar-refractivity contribution in [3.8, 4) is 5.75 Å². The molecule has 10 heteroatoms. The number of hydrazine groups is 1. The van der Waals surface area contributed by atoms with Crippen LogP contribution in [0.15, 0.2) is 42.5 Å². The summed E-state index contributed by atoms with van der Waals surface area (Å²) in [5, 5.41) is 11.2. The Balaban J connectivity index is 1.70. The maximum absolute atomic E-state index is 13.7. The Morgan fingerprint density at radius 2 is 1.88 bits per heavy atom. The molecule has 9 nitrogen and oxygen atoms in total. The molecule has 32 heavy (non-hydrogen) atoms. The first-order valence-electron chi connectivity index (χ1n) is 10.3. The van der Waals surface area contributed by atoms with Crippen molar-refractivity contribution in [3.05, 3.63) is 64.0 Å². The van der Waals surface area contributed by atoms with Crippen LogP contribution in [0.3, 0.4) is 0 Å². The molecule has 1 heterocycles. The summed E-state index contributed by atoms with van der Waals surface area (Å²) < 4.78 is 19.0. The molecule has 1 unspecified atom stereocenters.